The highest BCUT2D eigenvalue weighted by Gasteiger charge is 2.12. The molecule has 1 aromatic heterocycles. The van der Waals surface area contributed by atoms with E-state index in [1.54, 1.807) is 11.3 Å². The number of hydrogen-bond donors (Lipinski definition) is 2. The van der Waals surface area contributed by atoms with Crippen molar-refractivity contribution in [1.82, 2.24) is 15.6 Å². The largest absolute Gasteiger partial charge is 0.454 e. The number of aromatic nitrogens is 1. The average molecular weight is 502 g/mol. The van der Waals surface area contributed by atoms with Crippen molar-refractivity contribution in [2.45, 2.75) is 33.1 Å². The first-order chi connectivity index (χ1) is 12.8. The number of nitrogens with one attached hydrogen (secondary N) is 2. The van der Waals surface area contributed by atoms with Crippen LogP contribution in [0.4, 0.5) is 0 Å². The van der Waals surface area contributed by atoms with Gasteiger partial charge in [-0.05, 0) is 37.5 Å². The van der Waals surface area contributed by atoms with Crippen molar-refractivity contribution in [3.8, 4) is 11.5 Å². The number of guanidine groups is 1. The predicted octanol–water partition coefficient (Wildman–Crippen LogP) is 3.39. The Morgan fingerprint density at radius 1 is 1.19 bits per heavy atom. The highest BCUT2D eigenvalue weighted by Crippen LogP contribution is 2.32. The van der Waals surface area contributed by atoms with Crippen molar-refractivity contribution in [3.05, 3.63) is 39.8 Å². The van der Waals surface area contributed by atoms with Gasteiger partial charge in [0.05, 0.1) is 5.01 Å². The van der Waals surface area contributed by atoms with Crippen molar-refractivity contribution >= 4 is 41.3 Å². The molecule has 27 heavy (non-hydrogen) atoms. The smallest absolute Gasteiger partial charge is 0.231 e. The predicted molar refractivity (Wildman–Crippen MR) is 121 cm³/mol. The fraction of sp³-hybridized carbons (Fsp3) is 0.474. The van der Waals surface area contributed by atoms with Gasteiger partial charge in [-0.3, -0.25) is 4.99 Å². The second kappa shape index (κ2) is 11.3. The highest BCUT2D eigenvalue weighted by atomic mass is 127. The van der Waals surface area contributed by atoms with Crippen LogP contribution < -0.4 is 20.1 Å². The number of ether oxygens (including phenoxy) is 2. The molecule has 0 aliphatic carbocycles. The third-order valence-corrected chi connectivity index (χ3v) is 5.23. The number of rotatable bonds is 8. The minimum atomic E-state index is 0. The van der Waals surface area contributed by atoms with E-state index in [0.717, 1.165) is 61.4 Å². The Morgan fingerprint density at radius 2 is 2.04 bits per heavy atom. The number of hydrogen-bond acceptors (Lipinski definition) is 5. The van der Waals surface area contributed by atoms with E-state index in [9.17, 15) is 0 Å². The molecule has 2 aromatic rings. The third kappa shape index (κ3) is 6.53. The second-order valence-electron chi connectivity index (χ2n) is 5.95. The van der Waals surface area contributed by atoms with Gasteiger partial charge in [-0.25, -0.2) is 4.98 Å². The zero-order valence-corrected chi connectivity index (χ0v) is 18.9. The lowest BCUT2D eigenvalue weighted by atomic mass is 10.1. The van der Waals surface area contributed by atoms with E-state index < -0.39 is 0 Å². The van der Waals surface area contributed by atoms with E-state index >= 15 is 0 Å². The maximum atomic E-state index is 5.43. The summed E-state index contributed by atoms with van der Waals surface area (Å²) in [5.74, 6) is 2.50. The summed E-state index contributed by atoms with van der Waals surface area (Å²) in [4.78, 5) is 10.4. The molecule has 6 nitrogen and oxygen atoms in total. The summed E-state index contributed by atoms with van der Waals surface area (Å²) in [5.41, 5.74) is 1.22. The number of fused-ring (bicyclic) bond motifs is 1. The van der Waals surface area contributed by atoms with Crippen molar-refractivity contribution < 1.29 is 9.47 Å². The maximum Gasteiger partial charge on any atom is 0.231 e. The molecule has 1 aliphatic rings. The van der Waals surface area contributed by atoms with Crippen LogP contribution in [0, 0.1) is 0 Å². The molecule has 0 radical (unpaired) electrons. The average Bonchev–Trinajstić information content (AvgIpc) is 3.30. The molecule has 0 spiro atoms. The van der Waals surface area contributed by atoms with Gasteiger partial charge >= 0.3 is 0 Å². The Bertz CT molecular complexity index is 751. The first-order valence-electron chi connectivity index (χ1n) is 9.12. The van der Waals surface area contributed by atoms with Crippen LogP contribution in [0.2, 0.25) is 0 Å². The number of aliphatic imine (C=N–C) groups is 1. The van der Waals surface area contributed by atoms with Crippen LogP contribution in [0.1, 0.15) is 29.3 Å². The van der Waals surface area contributed by atoms with Gasteiger partial charge in [0.25, 0.3) is 0 Å². The van der Waals surface area contributed by atoms with E-state index in [4.69, 9.17) is 9.47 Å². The summed E-state index contributed by atoms with van der Waals surface area (Å²) in [6.07, 6.45) is 4.79. The molecule has 0 atom stereocenters. The lowest BCUT2D eigenvalue weighted by molar-refractivity contribution is 0.174. The van der Waals surface area contributed by atoms with Crippen LogP contribution >= 0.6 is 35.3 Å². The Kier molecular flexibility index (Phi) is 9.12. The molecule has 0 fully saturated rings. The third-order valence-electron chi connectivity index (χ3n) is 4.03. The number of halogens is 1. The zero-order valence-electron chi connectivity index (χ0n) is 15.8. The molecule has 0 amide bonds. The van der Waals surface area contributed by atoms with Gasteiger partial charge in [0, 0.05) is 37.1 Å². The number of nitrogens with zero attached hydrogens (tertiary/aromatic N) is 2. The summed E-state index contributed by atoms with van der Waals surface area (Å²) in [5, 5.41) is 7.83. The number of aryl methyl sites for hydroxylation is 1. The molecule has 2 N–H and O–H groups in total. The van der Waals surface area contributed by atoms with E-state index in [2.05, 4.69) is 40.5 Å². The first-order valence-corrected chi connectivity index (χ1v) is 9.94. The van der Waals surface area contributed by atoms with E-state index in [0.29, 0.717) is 6.79 Å². The summed E-state index contributed by atoms with van der Waals surface area (Å²) in [7, 11) is 0. The summed E-state index contributed by atoms with van der Waals surface area (Å²) >= 11 is 1.78. The van der Waals surface area contributed by atoms with Crippen LogP contribution in [-0.2, 0) is 19.3 Å². The number of benzene rings is 1. The van der Waals surface area contributed by atoms with Crippen molar-refractivity contribution in [1.29, 1.82) is 0 Å². The normalized spacial score (nSPS) is 12.6. The van der Waals surface area contributed by atoms with Gasteiger partial charge in [0.1, 0.15) is 0 Å². The Hall–Kier alpha value is -1.55. The Labute approximate surface area is 181 Å². The molecule has 0 saturated heterocycles. The highest BCUT2D eigenvalue weighted by molar-refractivity contribution is 14.0. The molecular weight excluding hydrogens is 475 g/mol. The zero-order chi connectivity index (χ0) is 18.2. The molecular formula is C19H27IN4O2S. The molecule has 8 heteroatoms. The lowest BCUT2D eigenvalue weighted by Crippen LogP contribution is -2.38. The first kappa shape index (κ1) is 21.7. The Morgan fingerprint density at radius 3 is 2.81 bits per heavy atom. The SMILES string of the molecule is CCNC(=NCCc1ncc(CC)s1)NCCc1ccc2c(c1)OCO2.I. The molecule has 0 saturated carbocycles. The van der Waals surface area contributed by atoms with Gasteiger partial charge in [-0.15, -0.1) is 35.3 Å². The van der Waals surface area contributed by atoms with Crippen molar-refractivity contribution in [2.24, 2.45) is 4.99 Å². The lowest BCUT2D eigenvalue weighted by Gasteiger charge is -2.11. The Balaban J connectivity index is 0.00000261. The van der Waals surface area contributed by atoms with Gasteiger partial charge in [-0.2, -0.15) is 0 Å². The van der Waals surface area contributed by atoms with Crippen LogP contribution in [0.5, 0.6) is 11.5 Å². The number of thiazole rings is 1. The van der Waals surface area contributed by atoms with Crippen LogP contribution in [0.25, 0.3) is 0 Å². The fourth-order valence-corrected chi connectivity index (χ4v) is 3.51. The molecule has 0 bridgehead atoms. The van der Waals surface area contributed by atoms with Gasteiger partial charge in [0.2, 0.25) is 6.79 Å². The van der Waals surface area contributed by atoms with Gasteiger partial charge in [-0.1, -0.05) is 13.0 Å². The summed E-state index contributed by atoms with van der Waals surface area (Å²) < 4.78 is 10.8. The molecule has 148 valence electrons. The van der Waals surface area contributed by atoms with Crippen molar-refractivity contribution in [3.63, 3.8) is 0 Å². The van der Waals surface area contributed by atoms with E-state index in [1.165, 1.54) is 10.4 Å². The quantitative estimate of drug-likeness (QED) is 0.329. The van der Waals surface area contributed by atoms with E-state index in [-0.39, 0.29) is 24.0 Å². The molecule has 0 unspecified atom stereocenters. The summed E-state index contributed by atoms with van der Waals surface area (Å²) in [6, 6.07) is 6.09. The fourth-order valence-electron chi connectivity index (χ4n) is 2.65. The minimum absolute atomic E-state index is 0. The van der Waals surface area contributed by atoms with Crippen LogP contribution in [0.15, 0.2) is 29.4 Å². The van der Waals surface area contributed by atoms with Gasteiger partial charge < -0.3 is 20.1 Å². The molecule has 2 heterocycles. The topological polar surface area (TPSA) is 67.8 Å². The van der Waals surface area contributed by atoms with Crippen molar-refractivity contribution in [2.75, 3.05) is 26.4 Å². The molecule has 1 aromatic carbocycles. The molecule has 1 aliphatic heterocycles. The van der Waals surface area contributed by atoms with Gasteiger partial charge in [0.15, 0.2) is 17.5 Å². The summed E-state index contributed by atoms with van der Waals surface area (Å²) in [6.45, 7) is 6.92. The van der Waals surface area contributed by atoms with E-state index in [1.807, 2.05) is 18.3 Å². The van der Waals surface area contributed by atoms with Crippen LogP contribution in [-0.4, -0.2) is 37.4 Å². The minimum Gasteiger partial charge on any atom is -0.454 e. The molecule has 3 rings (SSSR count). The monoisotopic (exact) mass is 502 g/mol. The standard InChI is InChI=1S/C19H26N4O2S.HI/c1-3-15-12-23-18(26-15)8-10-22-19(20-4-2)21-9-7-14-5-6-16-17(11-14)25-13-24-16;/h5-6,11-12H,3-4,7-10,13H2,1-2H3,(H2,20,21,22);1H. The second-order valence-corrected chi connectivity index (χ2v) is 7.15. The maximum absolute atomic E-state index is 5.43. The van der Waals surface area contributed by atoms with Crippen LogP contribution in [0.3, 0.4) is 0 Å².